The van der Waals surface area contributed by atoms with Gasteiger partial charge in [0.25, 0.3) is 5.56 Å². The zero-order chi connectivity index (χ0) is 15.5. The molecule has 1 aromatic carbocycles. The van der Waals surface area contributed by atoms with Crippen molar-refractivity contribution < 1.29 is 5.11 Å². The number of para-hydroxylation sites is 1. The minimum atomic E-state index is -0.128. The Labute approximate surface area is 128 Å². The average molecular weight is 297 g/mol. The van der Waals surface area contributed by atoms with Crippen molar-refractivity contribution in [3.05, 3.63) is 52.6 Å². The van der Waals surface area contributed by atoms with Crippen LogP contribution in [-0.2, 0) is 6.54 Å². The smallest absolute Gasteiger partial charge is 0.259 e. The first kappa shape index (κ1) is 14.5. The van der Waals surface area contributed by atoms with E-state index in [2.05, 4.69) is 9.97 Å². The SMILES string of the molecule is Cc1cccc2cc(-c3nccn3CCCCO)c(=O)[nH]c12. The second-order valence-corrected chi connectivity index (χ2v) is 5.43. The Morgan fingerprint density at radius 1 is 1.32 bits per heavy atom. The highest BCUT2D eigenvalue weighted by Gasteiger charge is 2.12. The maximum absolute atomic E-state index is 12.4. The molecule has 0 unspecified atom stereocenters. The maximum Gasteiger partial charge on any atom is 0.259 e. The van der Waals surface area contributed by atoms with Gasteiger partial charge in [0.15, 0.2) is 0 Å². The molecule has 22 heavy (non-hydrogen) atoms. The number of nitrogens with one attached hydrogen (secondary N) is 1. The monoisotopic (exact) mass is 297 g/mol. The lowest BCUT2D eigenvalue weighted by Gasteiger charge is -2.08. The standard InChI is InChI=1S/C17H19N3O2/c1-12-5-4-6-13-11-14(17(22)19-15(12)13)16-18-7-9-20(16)8-2-3-10-21/h4-7,9,11,21H,2-3,8,10H2,1H3,(H,19,22). The minimum Gasteiger partial charge on any atom is -0.396 e. The van der Waals surface area contributed by atoms with Gasteiger partial charge in [-0.25, -0.2) is 4.98 Å². The zero-order valence-electron chi connectivity index (χ0n) is 12.5. The van der Waals surface area contributed by atoms with Gasteiger partial charge in [0.05, 0.1) is 11.1 Å². The second kappa shape index (κ2) is 6.15. The number of H-pyrrole nitrogens is 1. The Bertz CT molecular complexity index is 848. The van der Waals surface area contributed by atoms with Gasteiger partial charge in [-0.3, -0.25) is 4.79 Å². The normalized spacial score (nSPS) is 11.2. The lowest BCUT2D eigenvalue weighted by molar-refractivity contribution is 0.281. The van der Waals surface area contributed by atoms with E-state index in [0.717, 1.165) is 35.9 Å². The molecule has 0 spiro atoms. The van der Waals surface area contributed by atoms with Gasteiger partial charge in [0, 0.05) is 25.5 Å². The van der Waals surface area contributed by atoms with E-state index in [9.17, 15) is 4.79 Å². The number of hydrogen-bond donors (Lipinski definition) is 2. The van der Waals surface area contributed by atoms with Gasteiger partial charge in [-0.2, -0.15) is 0 Å². The van der Waals surface area contributed by atoms with E-state index >= 15 is 0 Å². The predicted octanol–water partition coefficient (Wildman–Crippen LogP) is 2.47. The molecule has 0 aliphatic carbocycles. The van der Waals surface area contributed by atoms with Gasteiger partial charge in [0.1, 0.15) is 5.82 Å². The quantitative estimate of drug-likeness (QED) is 0.711. The van der Waals surface area contributed by atoms with Crippen molar-refractivity contribution in [1.82, 2.24) is 14.5 Å². The summed E-state index contributed by atoms with van der Waals surface area (Å²) in [5.41, 5.74) is 2.37. The summed E-state index contributed by atoms with van der Waals surface area (Å²) in [4.78, 5) is 19.7. The van der Waals surface area contributed by atoms with Gasteiger partial charge in [-0.05, 0) is 36.8 Å². The number of aliphatic hydroxyl groups excluding tert-OH is 1. The fourth-order valence-corrected chi connectivity index (χ4v) is 2.68. The Balaban J connectivity index is 2.05. The molecule has 0 radical (unpaired) electrons. The second-order valence-electron chi connectivity index (χ2n) is 5.43. The first-order valence-electron chi connectivity index (χ1n) is 7.45. The predicted molar refractivity (Wildman–Crippen MR) is 86.8 cm³/mol. The molecule has 114 valence electrons. The molecular formula is C17H19N3O2. The van der Waals surface area contributed by atoms with E-state index in [4.69, 9.17) is 5.11 Å². The third kappa shape index (κ3) is 2.67. The Kier molecular flexibility index (Phi) is 4.06. The highest BCUT2D eigenvalue weighted by Crippen LogP contribution is 2.20. The van der Waals surface area contributed by atoms with Crippen LogP contribution >= 0.6 is 0 Å². The minimum absolute atomic E-state index is 0.128. The number of fused-ring (bicyclic) bond motifs is 1. The van der Waals surface area contributed by atoms with Crippen LogP contribution in [0.5, 0.6) is 0 Å². The van der Waals surface area contributed by atoms with Crippen molar-refractivity contribution in [2.45, 2.75) is 26.3 Å². The van der Waals surface area contributed by atoms with Crippen molar-refractivity contribution in [1.29, 1.82) is 0 Å². The average Bonchev–Trinajstić information content (AvgIpc) is 2.96. The van der Waals surface area contributed by atoms with Gasteiger partial charge < -0.3 is 14.7 Å². The summed E-state index contributed by atoms with van der Waals surface area (Å²) < 4.78 is 1.96. The van der Waals surface area contributed by atoms with E-state index in [-0.39, 0.29) is 12.2 Å². The molecule has 0 amide bonds. The molecule has 3 rings (SSSR count). The number of rotatable bonds is 5. The van der Waals surface area contributed by atoms with Crippen molar-refractivity contribution in [3.8, 4) is 11.4 Å². The largest absolute Gasteiger partial charge is 0.396 e. The van der Waals surface area contributed by atoms with Gasteiger partial charge in [-0.1, -0.05) is 18.2 Å². The van der Waals surface area contributed by atoms with Crippen molar-refractivity contribution in [3.63, 3.8) is 0 Å². The highest BCUT2D eigenvalue weighted by molar-refractivity contribution is 5.84. The van der Waals surface area contributed by atoms with Crippen LogP contribution in [0, 0.1) is 6.92 Å². The number of aryl methyl sites for hydroxylation is 2. The third-order valence-electron chi connectivity index (χ3n) is 3.85. The number of hydrogen-bond acceptors (Lipinski definition) is 3. The van der Waals surface area contributed by atoms with Crippen LogP contribution in [0.4, 0.5) is 0 Å². The van der Waals surface area contributed by atoms with Gasteiger partial charge >= 0.3 is 0 Å². The molecular weight excluding hydrogens is 278 g/mol. The zero-order valence-corrected chi connectivity index (χ0v) is 12.5. The number of aromatic nitrogens is 3. The molecule has 0 saturated carbocycles. The Morgan fingerprint density at radius 3 is 3.00 bits per heavy atom. The lowest BCUT2D eigenvalue weighted by atomic mass is 10.1. The summed E-state index contributed by atoms with van der Waals surface area (Å²) in [6.45, 7) is 2.90. The molecule has 0 aliphatic heterocycles. The number of nitrogens with zero attached hydrogens (tertiary/aromatic N) is 2. The summed E-state index contributed by atoms with van der Waals surface area (Å²) in [5.74, 6) is 0.669. The number of pyridine rings is 1. The highest BCUT2D eigenvalue weighted by atomic mass is 16.2. The van der Waals surface area contributed by atoms with Crippen LogP contribution in [0.25, 0.3) is 22.3 Å². The summed E-state index contributed by atoms with van der Waals surface area (Å²) in [7, 11) is 0. The van der Waals surface area contributed by atoms with Crippen molar-refractivity contribution in [2.24, 2.45) is 0 Å². The Hall–Kier alpha value is -2.40. The molecule has 2 aromatic heterocycles. The van der Waals surface area contributed by atoms with Crippen LogP contribution in [0.3, 0.4) is 0 Å². The molecule has 0 bridgehead atoms. The molecule has 0 aliphatic rings. The van der Waals surface area contributed by atoms with Crippen molar-refractivity contribution >= 4 is 10.9 Å². The van der Waals surface area contributed by atoms with Crippen LogP contribution in [0.1, 0.15) is 18.4 Å². The van der Waals surface area contributed by atoms with Gasteiger partial charge in [0.2, 0.25) is 0 Å². The molecule has 2 heterocycles. The molecule has 0 fully saturated rings. The molecule has 5 heteroatoms. The first-order chi connectivity index (χ1) is 10.7. The Morgan fingerprint density at radius 2 is 2.18 bits per heavy atom. The van der Waals surface area contributed by atoms with Crippen LogP contribution in [-0.4, -0.2) is 26.2 Å². The summed E-state index contributed by atoms with van der Waals surface area (Å²) >= 11 is 0. The molecule has 3 aromatic rings. The molecule has 5 nitrogen and oxygen atoms in total. The number of unbranched alkanes of at least 4 members (excludes halogenated alkanes) is 1. The summed E-state index contributed by atoms with van der Waals surface area (Å²) in [6, 6.07) is 7.84. The fourth-order valence-electron chi connectivity index (χ4n) is 2.68. The fraction of sp³-hybridized carbons (Fsp3) is 0.294. The number of aliphatic hydroxyl groups is 1. The molecule has 0 saturated heterocycles. The number of benzene rings is 1. The van der Waals surface area contributed by atoms with Crippen LogP contribution in [0.2, 0.25) is 0 Å². The molecule has 2 N–H and O–H groups in total. The lowest BCUT2D eigenvalue weighted by Crippen LogP contribution is -2.12. The topological polar surface area (TPSA) is 70.9 Å². The number of imidazole rings is 1. The summed E-state index contributed by atoms with van der Waals surface area (Å²) in [5, 5.41) is 9.89. The summed E-state index contributed by atoms with van der Waals surface area (Å²) in [6.07, 6.45) is 5.16. The maximum atomic E-state index is 12.4. The van der Waals surface area contributed by atoms with E-state index in [0.29, 0.717) is 11.4 Å². The van der Waals surface area contributed by atoms with E-state index in [1.807, 2.05) is 42.0 Å². The van der Waals surface area contributed by atoms with E-state index in [1.165, 1.54) is 0 Å². The van der Waals surface area contributed by atoms with E-state index < -0.39 is 0 Å². The van der Waals surface area contributed by atoms with Crippen LogP contribution < -0.4 is 5.56 Å². The third-order valence-corrected chi connectivity index (χ3v) is 3.85. The van der Waals surface area contributed by atoms with E-state index in [1.54, 1.807) is 6.20 Å². The van der Waals surface area contributed by atoms with Crippen molar-refractivity contribution in [2.75, 3.05) is 6.61 Å². The molecule has 0 atom stereocenters. The van der Waals surface area contributed by atoms with Gasteiger partial charge in [-0.15, -0.1) is 0 Å². The first-order valence-corrected chi connectivity index (χ1v) is 7.45. The van der Waals surface area contributed by atoms with Crippen LogP contribution in [0.15, 0.2) is 41.5 Å². The number of aromatic amines is 1.